The van der Waals surface area contributed by atoms with E-state index in [1.54, 1.807) is 0 Å². The zero-order valence-corrected chi connectivity index (χ0v) is 13.4. The maximum absolute atomic E-state index is 12.6. The molecular formula is C15H27ClN2O2. The second-order valence-corrected chi connectivity index (χ2v) is 6.97. The standard InChI is InChI=1S/C15H26N2O2.ClH/c1-15(2)10-17(7-8-19-15)14(18)13-9-11-5-3-4-6-12(11)16-13;/h11-13,16H,3-10H2,1-2H3;1H. The molecule has 0 spiro atoms. The molecule has 5 heteroatoms. The number of halogens is 1. The number of hydrogen-bond donors (Lipinski definition) is 1. The molecule has 116 valence electrons. The zero-order valence-electron chi connectivity index (χ0n) is 12.6. The van der Waals surface area contributed by atoms with Crippen molar-refractivity contribution < 1.29 is 9.53 Å². The van der Waals surface area contributed by atoms with Gasteiger partial charge >= 0.3 is 0 Å². The molecule has 1 amide bonds. The van der Waals surface area contributed by atoms with E-state index in [0.29, 0.717) is 18.6 Å². The summed E-state index contributed by atoms with van der Waals surface area (Å²) < 4.78 is 5.69. The zero-order chi connectivity index (χ0) is 13.5. The first-order valence-corrected chi connectivity index (χ1v) is 7.74. The molecule has 1 saturated carbocycles. The molecule has 0 aromatic carbocycles. The molecule has 3 aliphatic rings. The van der Waals surface area contributed by atoms with Crippen molar-refractivity contribution in [3.63, 3.8) is 0 Å². The first-order valence-electron chi connectivity index (χ1n) is 7.74. The summed E-state index contributed by atoms with van der Waals surface area (Å²) in [5, 5.41) is 3.59. The fourth-order valence-corrected chi connectivity index (χ4v) is 3.94. The van der Waals surface area contributed by atoms with Crippen molar-refractivity contribution in [3.8, 4) is 0 Å². The largest absolute Gasteiger partial charge is 0.372 e. The Morgan fingerprint density at radius 3 is 2.75 bits per heavy atom. The van der Waals surface area contributed by atoms with Gasteiger partial charge in [0.1, 0.15) is 0 Å². The minimum atomic E-state index is -0.195. The number of nitrogens with zero attached hydrogens (tertiary/aromatic N) is 1. The van der Waals surface area contributed by atoms with Crippen molar-refractivity contribution in [1.82, 2.24) is 10.2 Å². The lowest BCUT2D eigenvalue weighted by molar-refractivity contribution is -0.147. The second kappa shape index (κ2) is 6.20. The summed E-state index contributed by atoms with van der Waals surface area (Å²) in [5.74, 6) is 1.03. The molecule has 1 N–H and O–H groups in total. The van der Waals surface area contributed by atoms with Crippen LogP contribution in [-0.4, -0.2) is 48.2 Å². The molecule has 3 atom stereocenters. The monoisotopic (exact) mass is 302 g/mol. The molecule has 2 heterocycles. The van der Waals surface area contributed by atoms with E-state index < -0.39 is 0 Å². The first kappa shape index (κ1) is 16.1. The average molecular weight is 303 g/mol. The summed E-state index contributed by atoms with van der Waals surface area (Å²) in [7, 11) is 0. The van der Waals surface area contributed by atoms with Crippen molar-refractivity contribution in [2.24, 2.45) is 5.92 Å². The Hall–Kier alpha value is -0.320. The lowest BCUT2D eigenvalue weighted by atomic mass is 9.85. The Morgan fingerprint density at radius 1 is 1.30 bits per heavy atom. The number of carbonyl (C=O) groups excluding carboxylic acids is 1. The van der Waals surface area contributed by atoms with Crippen molar-refractivity contribution in [2.45, 2.75) is 63.6 Å². The minimum Gasteiger partial charge on any atom is -0.372 e. The summed E-state index contributed by atoms with van der Waals surface area (Å²) in [6, 6.07) is 0.652. The van der Waals surface area contributed by atoms with Gasteiger partial charge in [-0.15, -0.1) is 12.4 Å². The Kier molecular flexibility index (Phi) is 4.98. The molecule has 20 heavy (non-hydrogen) atoms. The minimum absolute atomic E-state index is 0. The highest BCUT2D eigenvalue weighted by atomic mass is 35.5. The highest BCUT2D eigenvalue weighted by Crippen LogP contribution is 2.34. The molecule has 0 aromatic rings. The van der Waals surface area contributed by atoms with Crippen LogP contribution in [0.1, 0.15) is 46.0 Å². The average Bonchev–Trinajstić information content (AvgIpc) is 2.80. The number of morpholine rings is 1. The maximum Gasteiger partial charge on any atom is 0.239 e. The van der Waals surface area contributed by atoms with Gasteiger partial charge in [0, 0.05) is 19.1 Å². The first-order chi connectivity index (χ1) is 9.05. The SMILES string of the molecule is CC1(C)CN(C(=O)C2CC3CCCCC3N2)CCO1.Cl. The number of fused-ring (bicyclic) bond motifs is 1. The maximum atomic E-state index is 12.6. The van der Waals surface area contributed by atoms with Gasteiger partial charge in [0.15, 0.2) is 0 Å². The quantitative estimate of drug-likeness (QED) is 0.805. The molecule has 3 fully saturated rings. The molecule has 4 nitrogen and oxygen atoms in total. The Bertz CT molecular complexity index is 348. The van der Waals surface area contributed by atoms with E-state index in [1.807, 2.05) is 4.90 Å². The van der Waals surface area contributed by atoms with Gasteiger partial charge in [0.25, 0.3) is 0 Å². The number of rotatable bonds is 1. The Balaban J connectivity index is 0.00000147. The van der Waals surface area contributed by atoms with Crippen molar-refractivity contribution in [2.75, 3.05) is 19.7 Å². The number of amides is 1. The Labute approximate surface area is 128 Å². The van der Waals surface area contributed by atoms with Gasteiger partial charge in [-0.2, -0.15) is 0 Å². The van der Waals surface area contributed by atoms with Crippen LogP contribution >= 0.6 is 12.4 Å². The van der Waals surface area contributed by atoms with Crippen LogP contribution < -0.4 is 5.32 Å². The molecule has 2 aliphatic heterocycles. The third-order valence-corrected chi connectivity index (χ3v) is 4.90. The van der Waals surface area contributed by atoms with E-state index in [4.69, 9.17) is 4.74 Å². The van der Waals surface area contributed by atoms with Crippen molar-refractivity contribution >= 4 is 18.3 Å². The van der Waals surface area contributed by atoms with E-state index in [2.05, 4.69) is 19.2 Å². The van der Waals surface area contributed by atoms with E-state index in [0.717, 1.165) is 25.4 Å². The Morgan fingerprint density at radius 2 is 2.05 bits per heavy atom. The number of hydrogen-bond acceptors (Lipinski definition) is 3. The fraction of sp³-hybridized carbons (Fsp3) is 0.933. The molecular weight excluding hydrogens is 276 g/mol. The molecule has 1 aliphatic carbocycles. The van der Waals surface area contributed by atoms with Gasteiger partial charge in [-0.3, -0.25) is 4.79 Å². The summed E-state index contributed by atoms with van der Waals surface area (Å²) in [6.07, 6.45) is 6.26. The van der Waals surface area contributed by atoms with Gasteiger partial charge in [-0.1, -0.05) is 12.8 Å². The van der Waals surface area contributed by atoms with Crippen LogP contribution in [0.5, 0.6) is 0 Å². The predicted molar refractivity (Wildman–Crippen MR) is 81.1 cm³/mol. The molecule has 0 radical (unpaired) electrons. The van der Waals surface area contributed by atoms with Crippen LogP contribution in [0.15, 0.2) is 0 Å². The normalized spacial score (nSPS) is 36.1. The lowest BCUT2D eigenvalue weighted by Crippen LogP contribution is -2.55. The van der Waals surface area contributed by atoms with E-state index in [-0.39, 0.29) is 24.0 Å². The highest BCUT2D eigenvalue weighted by Gasteiger charge is 2.41. The van der Waals surface area contributed by atoms with Crippen LogP contribution in [0.3, 0.4) is 0 Å². The van der Waals surface area contributed by atoms with Gasteiger partial charge in [-0.25, -0.2) is 0 Å². The van der Waals surface area contributed by atoms with Gasteiger partial charge in [-0.05, 0) is 39.0 Å². The predicted octanol–water partition coefficient (Wildman–Crippen LogP) is 1.97. The van der Waals surface area contributed by atoms with Crippen molar-refractivity contribution in [1.29, 1.82) is 0 Å². The molecule has 0 bridgehead atoms. The number of ether oxygens (including phenoxy) is 1. The molecule has 3 unspecified atom stereocenters. The third kappa shape index (κ3) is 3.29. The molecule has 2 saturated heterocycles. The third-order valence-electron chi connectivity index (χ3n) is 4.90. The smallest absolute Gasteiger partial charge is 0.239 e. The number of nitrogens with one attached hydrogen (secondary N) is 1. The van der Waals surface area contributed by atoms with Gasteiger partial charge < -0.3 is 15.0 Å². The topological polar surface area (TPSA) is 41.6 Å². The van der Waals surface area contributed by atoms with E-state index in [1.165, 1.54) is 25.7 Å². The number of carbonyl (C=O) groups is 1. The van der Waals surface area contributed by atoms with Crippen LogP contribution in [0.4, 0.5) is 0 Å². The summed E-state index contributed by atoms with van der Waals surface area (Å²) in [6.45, 7) is 6.26. The fourth-order valence-electron chi connectivity index (χ4n) is 3.94. The van der Waals surface area contributed by atoms with Crippen LogP contribution in [0.25, 0.3) is 0 Å². The second-order valence-electron chi connectivity index (χ2n) is 6.97. The van der Waals surface area contributed by atoms with E-state index in [9.17, 15) is 4.79 Å². The van der Waals surface area contributed by atoms with Gasteiger partial charge in [0.2, 0.25) is 5.91 Å². The molecule has 3 rings (SSSR count). The van der Waals surface area contributed by atoms with Crippen LogP contribution in [0.2, 0.25) is 0 Å². The highest BCUT2D eigenvalue weighted by molar-refractivity contribution is 5.85. The van der Waals surface area contributed by atoms with Crippen molar-refractivity contribution in [3.05, 3.63) is 0 Å². The van der Waals surface area contributed by atoms with Gasteiger partial charge in [0.05, 0.1) is 18.2 Å². The van der Waals surface area contributed by atoms with E-state index >= 15 is 0 Å². The van der Waals surface area contributed by atoms with Crippen LogP contribution in [-0.2, 0) is 9.53 Å². The molecule has 0 aromatic heterocycles. The summed E-state index contributed by atoms with van der Waals surface area (Å²) in [5.41, 5.74) is -0.195. The lowest BCUT2D eigenvalue weighted by Gasteiger charge is -2.39. The van der Waals surface area contributed by atoms with Crippen LogP contribution in [0, 0.1) is 5.92 Å². The summed E-state index contributed by atoms with van der Waals surface area (Å²) in [4.78, 5) is 14.6. The summed E-state index contributed by atoms with van der Waals surface area (Å²) >= 11 is 0.